The molecule has 0 spiro atoms. The number of nitrogens with two attached hydrogens (primary N) is 1. The Kier molecular flexibility index (Phi) is 3.79. The highest BCUT2D eigenvalue weighted by Crippen LogP contribution is 2.17. The van der Waals surface area contributed by atoms with Gasteiger partial charge in [-0.25, -0.2) is 4.68 Å². The average Bonchev–Trinajstić information content (AvgIpc) is 2.64. The van der Waals surface area contributed by atoms with Crippen LogP contribution in [0.3, 0.4) is 0 Å². The molecule has 0 fully saturated rings. The lowest BCUT2D eigenvalue weighted by Crippen LogP contribution is -2.22. The Hall–Kier alpha value is -1.97. The molecule has 0 saturated heterocycles. The van der Waals surface area contributed by atoms with Gasteiger partial charge in [-0.3, -0.25) is 9.48 Å². The number of para-hydroxylation sites is 1. The van der Waals surface area contributed by atoms with Crippen molar-refractivity contribution in [3.8, 4) is 5.69 Å². The molecule has 102 valence electrons. The zero-order valence-corrected chi connectivity index (χ0v) is 11.8. The molecular weight excluding hydrogens is 238 g/mol. The molecule has 2 rings (SSSR count). The van der Waals surface area contributed by atoms with Crippen LogP contribution in [0.25, 0.3) is 5.69 Å². The number of nitrogen functional groups attached to an aromatic ring is 1. The molecule has 0 aliphatic heterocycles. The number of hydrogen-bond donors (Lipinski definition) is 1. The summed E-state index contributed by atoms with van der Waals surface area (Å²) in [5.74, 6) is 0. The van der Waals surface area contributed by atoms with Gasteiger partial charge < -0.3 is 5.73 Å². The van der Waals surface area contributed by atoms with Crippen LogP contribution in [0.2, 0.25) is 0 Å². The van der Waals surface area contributed by atoms with E-state index in [0.717, 1.165) is 36.3 Å². The van der Waals surface area contributed by atoms with E-state index in [1.165, 1.54) is 0 Å². The molecular formula is C15H21N3O. The lowest BCUT2D eigenvalue weighted by molar-refractivity contribution is 0.544. The SMILES string of the molecule is CCCc1c(N)c(=O)n(-c2ccccc2C)n1CC. The Morgan fingerprint density at radius 1 is 1.21 bits per heavy atom. The fourth-order valence-electron chi connectivity index (χ4n) is 2.48. The summed E-state index contributed by atoms with van der Waals surface area (Å²) in [7, 11) is 0. The molecule has 0 amide bonds. The van der Waals surface area contributed by atoms with Crippen LogP contribution in [-0.2, 0) is 13.0 Å². The standard InChI is InChI=1S/C15H21N3O/c1-4-8-13-14(16)15(19)18(17(13)5-2)12-10-7-6-9-11(12)3/h6-7,9-10H,4-5,8,16H2,1-3H3. The van der Waals surface area contributed by atoms with Crippen LogP contribution in [0.5, 0.6) is 0 Å². The van der Waals surface area contributed by atoms with Gasteiger partial charge in [0, 0.05) is 6.54 Å². The van der Waals surface area contributed by atoms with Crippen molar-refractivity contribution in [2.24, 2.45) is 0 Å². The summed E-state index contributed by atoms with van der Waals surface area (Å²) < 4.78 is 3.69. The maximum Gasteiger partial charge on any atom is 0.294 e. The quantitative estimate of drug-likeness (QED) is 0.917. The van der Waals surface area contributed by atoms with E-state index in [9.17, 15) is 4.79 Å². The van der Waals surface area contributed by atoms with Crippen LogP contribution in [0.1, 0.15) is 31.5 Å². The fourth-order valence-corrected chi connectivity index (χ4v) is 2.48. The lowest BCUT2D eigenvalue weighted by Gasteiger charge is -2.14. The molecule has 4 nitrogen and oxygen atoms in total. The zero-order valence-electron chi connectivity index (χ0n) is 11.8. The Morgan fingerprint density at radius 3 is 2.47 bits per heavy atom. The van der Waals surface area contributed by atoms with Gasteiger partial charge in [-0.1, -0.05) is 31.5 Å². The number of nitrogens with zero attached hydrogens (tertiary/aromatic N) is 2. The van der Waals surface area contributed by atoms with Crippen molar-refractivity contribution >= 4 is 5.69 Å². The molecule has 4 heteroatoms. The maximum atomic E-state index is 12.4. The molecule has 2 N–H and O–H groups in total. The van der Waals surface area contributed by atoms with Gasteiger partial charge in [0.2, 0.25) is 0 Å². The van der Waals surface area contributed by atoms with E-state index in [1.54, 1.807) is 4.68 Å². The third-order valence-electron chi connectivity index (χ3n) is 3.42. The Labute approximate surface area is 113 Å². The summed E-state index contributed by atoms with van der Waals surface area (Å²) in [5.41, 5.74) is 9.19. The van der Waals surface area contributed by atoms with E-state index in [4.69, 9.17) is 5.73 Å². The first-order valence-electron chi connectivity index (χ1n) is 6.77. The number of hydrogen-bond acceptors (Lipinski definition) is 2. The molecule has 2 aromatic rings. The molecule has 0 radical (unpaired) electrons. The molecule has 0 saturated carbocycles. The minimum absolute atomic E-state index is 0.111. The molecule has 0 bridgehead atoms. The number of aromatic nitrogens is 2. The largest absolute Gasteiger partial charge is 0.393 e. The minimum Gasteiger partial charge on any atom is -0.393 e. The van der Waals surface area contributed by atoms with E-state index in [2.05, 4.69) is 6.92 Å². The summed E-state index contributed by atoms with van der Waals surface area (Å²) >= 11 is 0. The van der Waals surface area contributed by atoms with E-state index >= 15 is 0 Å². The smallest absolute Gasteiger partial charge is 0.294 e. The van der Waals surface area contributed by atoms with Gasteiger partial charge >= 0.3 is 0 Å². The molecule has 0 aliphatic rings. The fraction of sp³-hybridized carbons (Fsp3) is 0.400. The number of rotatable bonds is 4. The summed E-state index contributed by atoms with van der Waals surface area (Å²) in [4.78, 5) is 12.4. The second kappa shape index (κ2) is 5.34. The Balaban J connectivity index is 2.74. The predicted octanol–water partition coefficient (Wildman–Crippen LogP) is 2.50. The van der Waals surface area contributed by atoms with Crippen molar-refractivity contribution in [1.82, 2.24) is 9.36 Å². The van der Waals surface area contributed by atoms with Gasteiger partial charge in [-0.15, -0.1) is 0 Å². The molecule has 1 aromatic carbocycles. The average molecular weight is 259 g/mol. The van der Waals surface area contributed by atoms with E-state index in [1.807, 2.05) is 42.8 Å². The first-order chi connectivity index (χ1) is 9.11. The third kappa shape index (κ3) is 2.18. The second-order valence-electron chi connectivity index (χ2n) is 4.73. The van der Waals surface area contributed by atoms with E-state index < -0.39 is 0 Å². The first-order valence-corrected chi connectivity index (χ1v) is 6.77. The molecule has 1 aromatic heterocycles. The van der Waals surface area contributed by atoms with Crippen LogP contribution in [0, 0.1) is 6.92 Å². The minimum atomic E-state index is -0.111. The van der Waals surface area contributed by atoms with Crippen LogP contribution in [0.15, 0.2) is 29.1 Å². The lowest BCUT2D eigenvalue weighted by atomic mass is 10.2. The van der Waals surface area contributed by atoms with Crippen molar-refractivity contribution in [2.45, 2.75) is 40.2 Å². The molecule has 0 unspecified atom stereocenters. The van der Waals surface area contributed by atoms with Crippen molar-refractivity contribution in [3.05, 3.63) is 45.9 Å². The first kappa shape index (κ1) is 13.5. The van der Waals surface area contributed by atoms with Gasteiger partial charge in [-0.05, 0) is 31.9 Å². The summed E-state index contributed by atoms with van der Waals surface area (Å²) in [6, 6.07) is 7.87. The molecule has 0 aliphatic carbocycles. The second-order valence-corrected chi connectivity index (χ2v) is 4.73. The van der Waals surface area contributed by atoms with E-state index in [-0.39, 0.29) is 5.56 Å². The topological polar surface area (TPSA) is 53.0 Å². The zero-order chi connectivity index (χ0) is 14.0. The van der Waals surface area contributed by atoms with Crippen molar-refractivity contribution in [1.29, 1.82) is 0 Å². The predicted molar refractivity (Wildman–Crippen MR) is 78.8 cm³/mol. The third-order valence-corrected chi connectivity index (χ3v) is 3.42. The van der Waals surface area contributed by atoms with Crippen LogP contribution in [0.4, 0.5) is 5.69 Å². The number of aryl methyl sites for hydroxylation is 1. The summed E-state index contributed by atoms with van der Waals surface area (Å²) in [6.07, 6.45) is 1.80. The van der Waals surface area contributed by atoms with Crippen molar-refractivity contribution in [3.63, 3.8) is 0 Å². The van der Waals surface area contributed by atoms with Crippen molar-refractivity contribution < 1.29 is 0 Å². The number of anilines is 1. The Bertz CT molecular complexity index is 637. The van der Waals surface area contributed by atoms with Crippen LogP contribution in [-0.4, -0.2) is 9.36 Å². The summed E-state index contributed by atoms with van der Waals surface area (Å²) in [5, 5.41) is 0. The Morgan fingerprint density at radius 2 is 1.89 bits per heavy atom. The van der Waals surface area contributed by atoms with Gasteiger partial charge in [-0.2, -0.15) is 0 Å². The highest BCUT2D eigenvalue weighted by molar-refractivity contribution is 5.47. The molecule has 19 heavy (non-hydrogen) atoms. The van der Waals surface area contributed by atoms with E-state index in [0.29, 0.717) is 5.69 Å². The summed E-state index contributed by atoms with van der Waals surface area (Å²) in [6.45, 7) is 6.86. The van der Waals surface area contributed by atoms with Crippen LogP contribution >= 0.6 is 0 Å². The van der Waals surface area contributed by atoms with Gasteiger partial charge in [0.25, 0.3) is 5.56 Å². The normalized spacial score (nSPS) is 10.9. The highest BCUT2D eigenvalue weighted by atomic mass is 16.1. The number of benzene rings is 1. The van der Waals surface area contributed by atoms with Crippen LogP contribution < -0.4 is 11.3 Å². The molecule has 1 heterocycles. The maximum absolute atomic E-state index is 12.4. The van der Waals surface area contributed by atoms with Crippen molar-refractivity contribution in [2.75, 3.05) is 5.73 Å². The van der Waals surface area contributed by atoms with Gasteiger partial charge in [0.1, 0.15) is 5.69 Å². The van der Waals surface area contributed by atoms with Gasteiger partial charge in [0.05, 0.1) is 11.4 Å². The highest BCUT2D eigenvalue weighted by Gasteiger charge is 2.17. The van der Waals surface area contributed by atoms with Gasteiger partial charge in [0.15, 0.2) is 0 Å². The monoisotopic (exact) mass is 259 g/mol. The molecule has 0 atom stereocenters.